The summed E-state index contributed by atoms with van der Waals surface area (Å²) in [4.78, 5) is 0.162. The topological polar surface area (TPSA) is 85.3 Å². The Hall–Kier alpha value is -1.15. The van der Waals surface area contributed by atoms with Crippen molar-refractivity contribution in [2.24, 2.45) is 5.73 Å². The first-order valence-electron chi connectivity index (χ1n) is 6.25. The van der Waals surface area contributed by atoms with E-state index < -0.39 is 10.0 Å². The molecule has 0 aliphatic heterocycles. The average Bonchev–Trinajstić information content (AvgIpc) is 2.97. The molecule has 0 aliphatic carbocycles. The molecular weight excluding hydrogens is 296 g/mol. The highest BCUT2D eigenvalue weighted by Crippen LogP contribution is 2.20. The molecule has 5 nitrogen and oxygen atoms in total. The second-order valence-corrected chi connectivity index (χ2v) is 7.16. The van der Waals surface area contributed by atoms with Gasteiger partial charge in [0.1, 0.15) is 16.4 Å². The number of aryl methyl sites for hydroxylation is 1. The van der Waals surface area contributed by atoms with Gasteiger partial charge >= 0.3 is 0 Å². The first kappa shape index (κ1) is 15.2. The standard InChI is InChI=1S/C13H18N2O3S2/c1-9(5-11-3-4-19-8-11)15-20(16,17)13-6-12(7-14)18-10(13)2/h3-4,6,8-9,15H,5,7,14H2,1-2H3. The Balaban J connectivity index is 2.12. The smallest absolute Gasteiger partial charge is 0.244 e. The van der Waals surface area contributed by atoms with E-state index >= 15 is 0 Å². The molecule has 110 valence electrons. The van der Waals surface area contributed by atoms with Gasteiger partial charge in [-0.05, 0) is 42.7 Å². The second kappa shape index (κ2) is 6.09. The monoisotopic (exact) mass is 314 g/mol. The van der Waals surface area contributed by atoms with Gasteiger partial charge in [0.05, 0.1) is 6.54 Å². The lowest BCUT2D eigenvalue weighted by molar-refractivity contribution is 0.478. The fourth-order valence-electron chi connectivity index (χ4n) is 2.02. The fourth-order valence-corrected chi connectivity index (χ4v) is 4.15. The van der Waals surface area contributed by atoms with Crippen molar-refractivity contribution in [3.63, 3.8) is 0 Å². The minimum absolute atomic E-state index is 0.162. The van der Waals surface area contributed by atoms with E-state index in [4.69, 9.17) is 10.2 Å². The molecule has 0 radical (unpaired) electrons. The van der Waals surface area contributed by atoms with Gasteiger partial charge in [-0.2, -0.15) is 11.3 Å². The Bertz CT molecular complexity index is 660. The second-order valence-electron chi connectivity index (χ2n) is 4.70. The zero-order valence-corrected chi connectivity index (χ0v) is 13.1. The van der Waals surface area contributed by atoms with Crippen LogP contribution < -0.4 is 10.5 Å². The van der Waals surface area contributed by atoms with Crippen LogP contribution in [0.3, 0.4) is 0 Å². The van der Waals surface area contributed by atoms with Crippen LogP contribution in [0.2, 0.25) is 0 Å². The van der Waals surface area contributed by atoms with Crippen LogP contribution in [0.5, 0.6) is 0 Å². The van der Waals surface area contributed by atoms with E-state index in [1.807, 2.05) is 23.8 Å². The third-order valence-corrected chi connectivity index (χ3v) is 5.32. The van der Waals surface area contributed by atoms with Gasteiger partial charge in [-0.3, -0.25) is 0 Å². The van der Waals surface area contributed by atoms with Gasteiger partial charge in [0.25, 0.3) is 0 Å². The van der Waals surface area contributed by atoms with Crippen LogP contribution in [-0.2, 0) is 23.0 Å². The van der Waals surface area contributed by atoms with Crippen LogP contribution in [0.1, 0.15) is 24.0 Å². The van der Waals surface area contributed by atoms with Crippen LogP contribution in [0.25, 0.3) is 0 Å². The molecule has 0 bridgehead atoms. The fraction of sp³-hybridized carbons (Fsp3) is 0.385. The first-order valence-corrected chi connectivity index (χ1v) is 8.67. The van der Waals surface area contributed by atoms with Crippen LogP contribution in [0, 0.1) is 6.92 Å². The Labute approximate surface area is 122 Å². The predicted molar refractivity (Wildman–Crippen MR) is 79.1 cm³/mol. The highest BCUT2D eigenvalue weighted by Gasteiger charge is 2.23. The molecule has 0 fully saturated rings. The summed E-state index contributed by atoms with van der Waals surface area (Å²) < 4.78 is 32.6. The van der Waals surface area contributed by atoms with Crippen LogP contribution in [0.15, 0.2) is 32.2 Å². The molecule has 20 heavy (non-hydrogen) atoms. The summed E-state index contributed by atoms with van der Waals surface area (Å²) in [6, 6.07) is 3.28. The number of hydrogen-bond donors (Lipinski definition) is 2. The normalized spacial score (nSPS) is 13.6. The number of nitrogens with two attached hydrogens (primary N) is 1. The van der Waals surface area contributed by atoms with Crippen molar-refractivity contribution in [2.45, 2.75) is 37.8 Å². The average molecular weight is 314 g/mol. The van der Waals surface area contributed by atoms with Gasteiger partial charge in [0.15, 0.2) is 0 Å². The molecule has 7 heteroatoms. The highest BCUT2D eigenvalue weighted by atomic mass is 32.2. The summed E-state index contributed by atoms with van der Waals surface area (Å²) in [5.74, 6) is 0.828. The first-order chi connectivity index (χ1) is 9.42. The summed E-state index contributed by atoms with van der Waals surface area (Å²) in [5.41, 5.74) is 6.58. The van der Waals surface area contributed by atoms with Gasteiger partial charge < -0.3 is 10.2 Å². The van der Waals surface area contributed by atoms with Crippen LogP contribution in [0.4, 0.5) is 0 Å². The number of nitrogens with one attached hydrogen (secondary N) is 1. The molecule has 2 heterocycles. The maximum atomic E-state index is 12.3. The number of furan rings is 1. The molecular formula is C13H18N2O3S2. The van der Waals surface area contributed by atoms with Crippen molar-refractivity contribution in [3.05, 3.63) is 40.0 Å². The van der Waals surface area contributed by atoms with Crippen molar-refractivity contribution in [1.29, 1.82) is 0 Å². The number of hydrogen-bond acceptors (Lipinski definition) is 5. The van der Waals surface area contributed by atoms with Crippen molar-refractivity contribution >= 4 is 21.4 Å². The molecule has 0 amide bonds. The molecule has 0 aromatic carbocycles. The quantitative estimate of drug-likeness (QED) is 0.854. The van der Waals surface area contributed by atoms with E-state index in [1.54, 1.807) is 18.3 Å². The van der Waals surface area contributed by atoms with Crippen molar-refractivity contribution in [3.8, 4) is 0 Å². The van der Waals surface area contributed by atoms with Gasteiger partial charge in [-0.25, -0.2) is 13.1 Å². The molecule has 0 spiro atoms. The number of rotatable bonds is 6. The van der Waals surface area contributed by atoms with Gasteiger partial charge in [-0.1, -0.05) is 0 Å². The Kier molecular flexibility index (Phi) is 4.64. The van der Waals surface area contributed by atoms with Crippen molar-refractivity contribution < 1.29 is 12.8 Å². The number of thiophene rings is 1. The summed E-state index contributed by atoms with van der Waals surface area (Å²) >= 11 is 1.60. The predicted octanol–water partition coefficient (Wildman–Crippen LogP) is 2.02. The molecule has 1 unspecified atom stereocenters. The van der Waals surface area contributed by atoms with E-state index in [2.05, 4.69) is 4.72 Å². The summed E-state index contributed by atoms with van der Waals surface area (Å²) in [5, 5.41) is 3.99. The molecule has 0 aliphatic rings. The Morgan fingerprint density at radius 3 is 2.80 bits per heavy atom. The molecule has 2 rings (SSSR count). The Morgan fingerprint density at radius 2 is 2.25 bits per heavy atom. The molecule has 2 aromatic rings. The molecule has 2 aromatic heterocycles. The minimum atomic E-state index is -3.58. The molecule has 0 saturated carbocycles. The zero-order chi connectivity index (χ0) is 14.8. The Morgan fingerprint density at radius 1 is 1.50 bits per heavy atom. The summed E-state index contributed by atoms with van der Waals surface area (Å²) in [6.07, 6.45) is 0.656. The van der Waals surface area contributed by atoms with Crippen molar-refractivity contribution in [2.75, 3.05) is 0 Å². The molecule has 3 N–H and O–H groups in total. The van der Waals surface area contributed by atoms with Crippen LogP contribution in [-0.4, -0.2) is 14.5 Å². The third-order valence-electron chi connectivity index (χ3n) is 2.89. The molecule has 1 atom stereocenters. The lowest BCUT2D eigenvalue weighted by atomic mass is 10.1. The lowest BCUT2D eigenvalue weighted by Crippen LogP contribution is -2.34. The van der Waals surface area contributed by atoms with E-state index in [0.717, 1.165) is 5.56 Å². The maximum absolute atomic E-state index is 12.3. The third kappa shape index (κ3) is 3.49. The van der Waals surface area contributed by atoms with Gasteiger partial charge in [0, 0.05) is 12.1 Å². The number of sulfonamides is 1. The van der Waals surface area contributed by atoms with Gasteiger partial charge in [-0.15, -0.1) is 0 Å². The lowest BCUT2D eigenvalue weighted by Gasteiger charge is -2.12. The van der Waals surface area contributed by atoms with Gasteiger partial charge in [0.2, 0.25) is 10.0 Å². The highest BCUT2D eigenvalue weighted by molar-refractivity contribution is 7.89. The molecule has 0 saturated heterocycles. The summed E-state index contributed by atoms with van der Waals surface area (Å²) in [6.45, 7) is 3.65. The van der Waals surface area contributed by atoms with Crippen molar-refractivity contribution in [1.82, 2.24) is 4.72 Å². The maximum Gasteiger partial charge on any atom is 0.244 e. The summed E-state index contributed by atoms with van der Waals surface area (Å²) in [7, 11) is -3.58. The zero-order valence-electron chi connectivity index (χ0n) is 11.4. The minimum Gasteiger partial charge on any atom is -0.464 e. The van der Waals surface area contributed by atoms with E-state index in [0.29, 0.717) is 17.9 Å². The van der Waals surface area contributed by atoms with E-state index in [9.17, 15) is 8.42 Å². The van der Waals surface area contributed by atoms with E-state index in [-0.39, 0.29) is 17.5 Å². The van der Waals surface area contributed by atoms with Crippen LogP contribution >= 0.6 is 11.3 Å². The SMILES string of the molecule is Cc1oc(CN)cc1S(=O)(=O)NC(C)Cc1ccsc1. The van der Waals surface area contributed by atoms with E-state index in [1.165, 1.54) is 6.07 Å². The largest absolute Gasteiger partial charge is 0.464 e.